The maximum atomic E-state index is 11.5. The second kappa shape index (κ2) is 8.73. The van der Waals surface area contributed by atoms with Gasteiger partial charge in [0.2, 0.25) is 0 Å². The highest BCUT2D eigenvalue weighted by Crippen LogP contribution is 2.39. The van der Waals surface area contributed by atoms with Gasteiger partial charge in [-0.3, -0.25) is 4.79 Å². The number of allylic oxidation sites excluding steroid dienone is 6. The monoisotopic (exact) mass is 264 g/mol. The first-order chi connectivity index (χ1) is 8.76. The zero-order valence-corrected chi connectivity index (χ0v) is 11.9. The van der Waals surface area contributed by atoms with E-state index >= 15 is 0 Å². The molecular formula is C17H28O2. The van der Waals surface area contributed by atoms with E-state index in [2.05, 4.69) is 18.2 Å². The van der Waals surface area contributed by atoms with Crippen molar-refractivity contribution in [3.8, 4) is 0 Å². The van der Waals surface area contributed by atoms with Crippen molar-refractivity contribution >= 4 is 5.97 Å². The van der Waals surface area contributed by atoms with Crippen LogP contribution in [0.3, 0.4) is 0 Å². The molecule has 0 saturated carbocycles. The molecule has 0 bridgehead atoms. The molecule has 108 valence electrons. The predicted octanol–water partition coefficient (Wildman–Crippen LogP) is 4.68. The van der Waals surface area contributed by atoms with Gasteiger partial charge in [0.15, 0.2) is 0 Å². The van der Waals surface area contributed by atoms with E-state index in [1.54, 1.807) is 0 Å². The van der Waals surface area contributed by atoms with E-state index in [0.29, 0.717) is 12.5 Å². The van der Waals surface area contributed by atoms with Crippen molar-refractivity contribution in [2.24, 2.45) is 11.8 Å². The lowest BCUT2D eigenvalue weighted by atomic mass is 9.77. The number of cyclic esters (lactones) is 1. The van der Waals surface area contributed by atoms with E-state index < -0.39 is 0 Å². The second-order valence-corrected chi connectivity index (χ2v) is 4.46. The van der Waals surface area contributed by atoms with Gasteiger partial charge >= 0.3 is 5.97 Å². The minimum Gasteiger partial charge on any atom is -0.465 e. The zero-order chi connectivity index (χ0) is 13.5. The quantitative estimate of drug-likeness (QED) is 0.677. The van der Waals surface area contributed by atoms with Crippen LogP contribution in [0.5, 0.6) is 0 Å². The van der Waals surface area contributed by atoms with Crippen molar-refractivity contribution in [1.82, 2.24) is 0 Å². The molecule has 1 aliphatic carbocycles. The average molecular weight is 264 g/mol. The van der Waals surface area contributed by atoms with Gasteiger partial charge in [-0.05, 0) is 37.8 Å². The SMILES string of the molecule is C.CC.C\C=C/C1=C(\C=C/C)C[C@@H]2C(=O)OCC2C1. The van der Waals surface area contributed by atoms with Crippen LogP contribution in [0.25, 0.3) is 0 Å². The van der Waals surface area contributed by atoms with Crippen LogP contribution in [-0.2, 0) is 9.53 Å². The molecule has 1 fully saturated rings. The molecule has 1 unspecified atom stereocenters. The number of rotatable bonds is 2. The van der Waals surface area contributed by atoms with Crippen LogP contribution in [0.15, 0.2) is 35.5 Å². The van der Waals surface area contributed by atoms with Crippen LogP contribution in [0.1, 0.15) is 48.0 Å². The summed E-state index contributed by atoms with van der Waals surface area (Å²) in [7, 11) is 0. The van der Waals surface area contributed by atoms with Crippen LogP contribution >= 0.6 is 0 Å². The third-order valence-electron chi connectivity index (χ3n) is 3.38. The molecule has 1 saturated heterocycles. The normalized spacial score (nSPS) is 25.8. The molecule has 0 aromatic rings. The Morgan fingerprint density at radius 2 is 1.58 bits per heavy atom. The van der Waals surface area contributed by atoms with E-state index in [1.807, 2.05) is 33.8 Å². The topological polar surface area (TPSA) is 26.3 Å². The maximum absolute atomic E-state index is 11.5. The summed E-state index contributed by atoms with van der Waals surface area (Å²) < 4.78 is 5.14. The van der Waals surface area contributed by atoms with Crippen LogP contribution in [-0.4, -0.2) is 12.6 Å². The molecule has 0 radical (unpaired) electrons. The van der Waals surface area contributed by atoms with Gasteiger partial charge in [-0.15, -0.1) is 0 Å². The molecule has 2 heteroatoms. The van der Waals surface area contributed by atoms with Gasteiger partial charge < -0.3 is 4.74 Å². The standard InChI is InChI=1S/C14H18O2.C2H6.CH4/c1-3-5-10-7-12-9-16-14(15)13(12)8-11(10)6-4-2;1-2;/h3-6,12-13H,7-9H2,1-2H3;1-2H3;1H4/b5-3-,6-4-;;/t12?,13-;;/m0../s1. The van der Waals surface area contributed by atoms with Crippen LogP contribution < -0.4 is 0 Å². The van der Waals surface area contributed by atoms with E-state index in [4.69, 9.17) is 4.74 Å². The number of hydrogen-bond donors (Lipinski definition) is 0. The Labute approximate surface area is 118 Å². The second-order valence-electron chi connectivity index (χ2n) is 4.46. The number of esters is 1. The maximum Gasteiger partial charge on any atom is 0.309 e. The van der Waals surface area contributed by atoms with Crippen LogP contribution in [0.4, 0.5) is 0 Å². The van der Waals surface area contributed by atoms with Crippen molar-refractivity contribution in [1.29, 1.82) is 0 Å². The Hall–Kier alpha value is -1.31. The highest BCUT2D eigenvalue weighted by atomic mass is 16.5. The van der Waals surface area contributed by atoms with Crippen molar-refractivity contribution in [3.05, 3.63) is 35.5 Å². The molecule has 1 heterocycles. The van der Waals surface area contributed by atoms with Gasteiger partial charge in [-0.25, -0.2) is 0 Å². The molecule has 2 nitrogen and oxygen atoms in total. The fourth-order valence-electron chi connectivity index (χ4n) is 2.59. The minimum atomic E-state index is -0.00784. The molecule has 0 aromatic carbocycles. The predicted molar refractivity (Wildman–Crippen MR) is 81.9 cm³/mol. The fraction of sp³-hybridized carbons (Fsp3) is 0.588. The molecule has 0 aromatic heterocycles. The molecule has 0 N–H and O–H groups in total. The number of carbonyl (C=O) groups excluding carboxylic acids is 1. The number of carbonyl (C=O) groups is 1. The first kappa shape index (κ1) is 17.7. The summed E-state index contributed by atoms with van der Waals surface area (Å²) >= 11 is 0. The van der Waals surface area contributed by atoms with Gasteiger partial charge in [0.1, 0.15) is 0 Å². The van der Waals surface area contributed by atoms with Gasteiger partial charge in [-0.2, -0.15) is 0 Å². The number of fused-ring (bicyclic) bond motifs is 1. The molecular weight excluding hydrogens is 236 g/mol. The summed E-state index contributed by atoms with van der Waals surface area (Å²) in [6.45, 7) is 8.65. The fourth-order valence-corrected chi connectivity index (χ4v) is 2.59. The first-order valence-electron chi connectivity index (χ1n) is 6.90. The first-order valence-corrected chi connectivity index (χ1v) is 6.90. The molecule has 19 heavy (non-hydrogen) atoms. The molecule has 0 amide bonds. The molecule has 1 aliphatic heterocycles. The Kier molecular flexibility index (Phi) is 8.13. The summed E-state index contributed by atoms with van der Waals surface area (Å²) in [5.74, 6) is 0.486. The van der Waals surface area contributed by atoms with Crippen molar-refractivity contribution in [3.63, 3.8) is 0 Å². The molecule has 2 rings (SSSR count). The largest absolute Gasteiger partial charge is 0.465 e. The average Bonchev–Trinajstić information content (AvgIpc) is 2.74. The third kappa shape index (κ3) is 4.09. The van der Waals surface area contributed by atoms with E-state index in [9.17, 15) is 4.79 Å². The molecule has 2 atom stereocenters. The Balaban J connectivity index is 0.00000103. The van der Waals surface area contributed by atoms with Crippen molar-refractivity contribution < 1.29 is 9.53 Å². The van der Waals surface area contributed by atoms with Crippen LogP contribution in [0.2, 0.25) is 0 Å². The van der Waals surface area contributed by atoms with Gasteiger partial charge in [-0.1, -0.05) is 45.6 Å². The summed E-state index contributed by atoms with van der Waals surface area (Å²) in [5, 5.41) is 0. The Bertz CT molecular complexity index is 375. The van der Waals surface area contributed by atoms with Gasteiger partial charge in [0, 0.05) is 5.92 Å². The summed E-state index contributed by atoms with van der Waals surface area (Å²) in [4.78, 5) is 11.5. The number of ether oxygens (including phenoxy) is 1. The summed E-state index contributed by atoms with van der Waals surface area (Å²) in [6, 6.07) is 0. The van der Waals surface area contributed by atoms with Gasteiger partial charge in [0.25, 0.3) is 0 Å². The Morgan fingerprint density at radius 3 is 2.11 bits per heavy atom. The van der Waals surface area contributed by atoms with Crippen molar-refractivity contribution in [2.45, 2.75) is 48.0 Å². The molecule has 2 aliphatic rings. The van der Waals surface area contributed by atoms with E-state index in [0.717, 1.165) is 12.8 Å². The lowest BCUT2D eigenvalue weighted by Crippen LogP contribution is -2.21. The summed E-state index contributed by atoms with van der Waals surface area (Å²) in [6.07, 6.45) is 10.2. The Morgan fingerprint density at radius 1 is 1.05 bits per heavy atom. The highest BCUT2D eigenvalue weighted by Gasteiger charge is 2.40. The zero-order valence-electron chi connectivity index (χ0n) is 11.9. The van der Waals surface area contributed by atoms with Gasteiger partial charge in [0.05, 0.1) is 12.5 Å². The lowest BCUT2D eigenvalue weighted by molar-refractivity contribution is -0.141. The van der Waals surface area contributed by atoms with Crippen LogP contribution in [0, 0.1) is 11.8 Å². The summed E-state index contributed by atoms with van der Waals surface area (Å²) in [5.41, 5.74) is 2.65. The van der Waals surface area contributed by atoms with Crippen molar-refractivity contribution in [2.75, 3.05) is 6.61 Å². The molecule has 0 spiro atoms. The smallest absolute Gasteiger partial charge is 0.309 e. The lowest BCUT2D eigenvalue weighted by Gasteiger charge is -2.24. The van der Waals surface area contributed by atoms with E-state index in [1.165, 1.54) is 11.1 Å². The van der Waals surface area contributed by atoms with E-state index in [-0.39, 0.29) is 19.3 Å². The minimum absolute atomic E-state index is 0. The highest BCUT2D eigenvalue weighted by molar-refractivity contribution is 5.76. The number of hydrogen-bond acceptors (Lipinski definition) is 2. The third-order valence-corrected chi connectivity index (χ3v) is 3.38.